The first-order chi connectivity index (χ1) is 16.4. The van der Waals surface area contributed by atoms with Gasteiger partial charge in [-0.1, -0.05) is 0 Å². The van der Waals surface area contributed by atoms with Crippen molar-refractivity contribution in [3.8, 4) is 0 Å². The van der Waals surface area contributed by atoms with Crippen LogP contribution in [0, 0.1) is 29.3 Å². The van der Waals surface area contributed by atoms with Crippen molar-refractivity contribution in [1.29, 1.82) is 0 Å². The van der Waals surface area contributed by atoms with E-state index in [0.717, 1.165) is 0 Å². The van der Waals surface area contributed by atoms with Gasteiger partial charge in [0.2, 0.25) is 0 Å². The number of hydrogen-bond acceptors (Lipinski definition) is 6. The Hall–Kier alpha value is -2.63. The van der Waals surface area contributed by atoms with Gasteiger partial charge in [-0.05, 0) is 55.7 Å². The molecule has 3 N–H and O–H groups in total. The molecule has 2 aromatic carbocycles. The van der Waals surface area contributed by atoms with Gasteiger partial charge in [0.15, 0.2) is 27.3 Å². The van der Waals surface area contributed by atoms with Gasteiger partial charge in [-0.2, -0.15) is 0 Å². The van der Waals surface area contributed by atoms with E-state index in [1.165, 1.54) is 18.2 Å². The van der Waals surface area contributed by atoms with Gasteiger partial charge < -0.3 is 20.4 Å². The second-order valence-electron chi connectivity index (χ2n) is 9.68. The Morgan fingerprint density at radius 2 is 1.66 bits per heavy atom. The number of nitrogens with one attached hydrogen (secondary N) is 1. The molecule has 0 radical (unpaired) electrons. The second-order valence-corrected chi connectivity index (χ2v) is 11.8. The van der Waals surface area contributed by atoms with Crippen LogP contribution in [-0.2, 0) is 9.84 Å². The third-order valence-corrected chi connectivity index (χ3v) is 9.45. The van der Waals surface area contributed by atoms with Crippen molar-refractivity contribution in [2.75, 3.05) is 30.9 Å². The maximum Gasteiger partial charge on any atom is 0.255 e. The molecule has 1 unspecified atom stereocenters. The lowest BCUT2D eigenvalue weighted by atomic mass is 9.77. The molecule has 0 aromatic heterocycles. The van der Waals surface area contributed by atoms with Crippen molar-refractivity contribution in [3.63, 3.8) is 0 Å². The number of sulfone groups is 1. The molecule has 11 heteroatoms. The van der Waals surface area contributed by atoms with Crippen LogP contribution in [0.3, 0.4) is 0 Å². The topological polar surface area (TPSA) is 107 Å². The van der Waals surface area contributed by atoms with Crippen LogP contribution in [0.5, 0.6) is 0 Å². The summed E-state index contributed by atoms with van der Waals surface area (Å²) in [4.78, 5) is 14.3. The van der Waals surface area contributed by atoms with Crippen LogP contribution >= 0.6 is 0 Å². The first-order valence-corrected chi connectivity index (χ1v) is 12.8. The number of fused-ring (bicyclic) bond motifs is 2. The average molecular weight is 513 g/mol. The Kier molecular flexibility index (Phi) is 6.62. The molecule has 0 heterocycles. The van der Waals surface area contributed by atoms with Crippen molar-refractivity contribution in [2.24, 2.45) is 11.8 Å². The molecular formula is C24H27F3N2O5S. The Morgan fingerprint density at radius 3 is 2.17 bits per heavy atom. The first-order valence-electron chi connectivity index (χ1n) is 11.2. The zero-order valence-electron chi connectivity index (χ0n) is 19.3. The molecule has 2 aromatic rings. The minimum absolute atomic E-state index is 0.0608. The Morgan fingerprint density at radius 1 is 1.09 bits per heavy atom. The van der Waals surface area contributed by atoms with E-state index in [1.54, 1.807) is 19.0 Å². The van der Waals surface area contributed by atoms with Gasteiger partial charge in [-0.3, -0.25) is 4.79 Å². The van der Waals surface area contributed by atoms with Crippen LogP contribution < -0.4 is 10.2 Å². The number of rotatable bonds is 6. The Labute approximate surface area is 201 Å². The molecule has 2 aliphatic rings. The number of anilines is 2. The minimum Gasteiger partial charge on any atom is -0.393 e. The molecular weight excluding hydrogens is 485 g/mol. The van der Waals surface area contributed by atoms with Crippen LogP contribution in [-0.4, -0.2) is 56.1 Å². The molecule has 2 saturated carbocycles. The van der Waals surface area contributed by atoms with E-state index in [0.29, 0.717) is 30.7 Å². The van der Waals surface area contributed by atoms with Crippen LogP contribution in [0.4, 0.5) is 24.5 Å². The highest BCUT2D eigenvalue weighted by atomic mass is 32.2. The standard InChI is InChI=1S/C24H27F3N2O5S/c1-29(2)19-6-5-13(23(31)28-16-8-17(25)21(27)18(26)9-16)7-20(19)35(33,34)22-14-3-4-15(22)11-24(32,10-14)12-30/h5-9,14-15,22,30,32H,3-4,10-12H2,1-2H3,(H,28,31)/t14-,15?,22+,24+/m0/s1. The lowest BCUT2D eigenvalue weighted by Gasteiger charge is -2.40. The fourth-order valence-electron chi connectivity index (χ4n) is 5.50. The minimum atomic E-state index is -3.96. The van der Waals surface area contributed by atoms with Gasteiger partial charge in [0, 0.05) is 37.5 Å². The van der Waals surface area contributed by atoms with E-state index in [4.69, 9.17) is 0 Å². The van der Waals surface area contributed by atoms with E-state index < -0.39 is 50.7 Å². The summed E-state index contributed by atoms with van der Waals surface area (Å²) in [6, 6.07) is 5.35. The SMILES string of the molecule is CN(C)c1ccc(C(=O)Nc2cc(F)c(F)c(F)c2)cc1S(=O)(=O)[C@H]1C2CC[C@H]1C[C@](O)(CO)C2. The summed E-state index contributed by atoms with van der Waals surface area (Å²) in [7, 11) is -0.634. The number of carbonyl (C=O) groups excluding carboxylic acids is 1. The maximum absolute atomic E-state index is 13.9. The number of nitrogens with zero attached hydrogens (tertiary/aromatic N) is 1. The monoisotopic (exact) mass is 512 g/mol. The van der Waals surface area contributed by atoms with Crippen molar-refractivity contribution in [2.45, 2.75) is 41.4 Å². The molecule has 190 valence electrons. The van der Waals surface area contributed by atoms with Gasteiger partial charge in [0.25, 0.3) is 5.91 Å². The van der Waals surface area contributed by atoms with E-state index >= 15 is 0 Å². The highest BCUT2D eigenvalue weighted by Gasteiger charge is 2.54. The lowest BCUT2D eigenvalue weighted by molar-refractivity contribution is -0.0597. The van der Waals surface area contributed by atoms with E-state index in [2.05, 4.69) is 5.32 Å². The zero-order valence-corrected chi connectivity index (χ0v) is 20.1. The maximum atomic E-state index is 13.9. The number of carbonyl (C=O) groups is 1. The summed E-state index contributed by atoms with van der Waals surface area (Å²) < 4.78 is 68.1. The summed E-state index contributed by atoms with van der Waals surface area (Å²) in [5.74, 6) is -6.10. The number of benzene rings is 2. The molecule has 4 atom stereocenters. The highest BCUT2D eigenvalue weighted by molar-refractivity contribution is 7.92. The normalized spacial score (nSPS) is 26.0. The molecule has 0 spiro atoms. The molecule has 1 amide bonds. The number of aliphatic hydroxyl groups is 2. The summed E-state index contributed by atoms with van der Waals surface area (Å²) in [6.45, 7) is -0.435. The number of aliphatic hydroxyl groups excluding tert-OH is 1. The smallest absolute Gasteiger partial charge is 0.255 e. The number of hydrogen-bond donors (Lipinski definition) is 3. The second kappa shape index (κ2) is 9.11. The summed E-state index contributed by atoms with van der Waals surface area (Å²) in [5.41, 5.74) is -1.32. The van der Waals surface area contributed by atoms with Gasteiger partial charge in [0.1, 0.15) is 0 Å². The van der Waals surface area contributed by atoms with Gasteiger partial charge in [0.05, 0.1) is 28.0 Å². The van der Waals surface area contributed by atoms with Gasteiger partial charge in [-0.15, -0.1) is 0 Å². The zero-order chi connectivity index (χ0) is 25.7. The third kappa shape index (κ3) is 4.64. The molecule has 35 heavy (non-hydrogen) atoms. The Bertz CT molecular complexity index is 1230. The fraction of sp³-hybridized carbons (Fsp3) is 0.458. The summed E-state index contributed by atoms with van der Waals surface area (Å²) >= 11 is 0. The Balaban J connectivity index is 1.69. The van der Waals surface area contributed by atoms with Crippen LogP contribution in [0.2, 0.25) is 0 Å². The third-order valence-electron chi connectivity index (χ3n) is 7.03. The largest absolute Gasteiger partial charge is 0.393 e. The summed E-state index contributed by atoms with van der Waals surface area (Å²) in [6.07, 6.45) is 1.55. The first kappa shape index (κ1) is 25.5. The van der Waals surface area contributed by atoms with Gasteiger partial charge >= 0.3 is 0 Å². The van der Waals surface area contributed by atoms with Crippen LogP contribution in [0.15, 0.2) is 35.2 Å². The highest BCUT2D eigenvalue weighted by Crippen LogP contribution is 2.51. The van der Waals surface area contributed by atoms with Crippen molar-refractivity contribution in [3.05, 3.63) is 53.3 Å². The van der Waals surface area contributed by atoms with Crippen molar-refractivity contribution < 1.29 is 36.6 Å². The molecule has 2 fully saturated rings. The molecule has 0 saturated heterocycles. The quantitative estimate of drug-likeness (QED) is 0.514. The lowest BCUT2D eigenvalue weighted by Crippen LogP contribution is -2.48. The predicted octanol–water partition coefficient (Wildman–Crippen LogP) is 3.11. The van der Waals surface area contributed by atoms with E-state index in [9.17, 15) is 36.6 Å². The number of amides is 1. The fourth-order valence-corrected chi connectivity index (χ4v) is 8.11. The van der Waals surface area contributed by atoms with E-state index in [1.807, 2.05) is 0 Å². The van der Waals surface area contributed by atoms with Gasteiger partial charge in [-0.25, -0.2) is 21.6 Å². The average Bonchev–Trinajstić information content (AvgIpc) is 3.10. The van der Waals surface area contributed by atoms with Crippen LogP contribution in [0.25, 0.3) is 0 Å². The van der Waals surface area contributed by atoms with E-state index in [-0.39, 0.29) is 40.8 Å². The molecule has 7 nitrogen and oxygen atoms in total. The molecule has 2 bridgehead atoms. The molecule has 4 rings (SSSR count). The number of halogens is 3. The van der Waals surface area contributed by atoms with Crippen molar-refractivity contribution >= 4 is 27.1 Å². The van der Waals surface area contributed by atoms with Crippen LogP contribution in [0.1, 0.15) is 36.0 Å². The van der Waals surface area contributed by atoms with Crippen molar-refractivity contribution in [1.82, 2.24) is 0 Å². The molecule has 2 aliphatic carbocycles. The summed E-state index contributed by atoms with van der Waals surface area (Å²) in [5, 5.41) is 21.7. The predicted molar refractivity (Wildman–Crippen MR) is 123 cm³/mol. The molecule has 0 aliphatic heterocycles.